The Kier molecular flexibility index (Phi) is 13.2. The molecule has 0 saturated carbocycles. The van der Waals surface area contributed by atoms with Gasteiger partial charge in [0, 0.05) is 66.9 Å². The molecule has 4 N–H and O–H groups in total. The topological polar surface area (TPSA) is 155 Å². The molecule has 0 bridgehead atoms. The number of aliphatic hydroxyl groups excluding tert-OH is 1. The van der Waals surface area contributed by atoms with E-state index in [0.717, 1.165) is 0 Å². The number of amides is 3. The number of hydrogen-bond acceptors (Lipinski definition) is 9. The van der Waals surface area contributed by atoms with E-state index in [1.165, 1.54) is 17.2 Å². The zero-order chi connectivity index (χ0) is 39.0. The maximum atomic E-state index is 13.5. The molecule has 1 saturated heterocycles. The minimum Gasteiger partial charge on any atom is -0.444 e. The summed E-state index contributed by atoms with van der Waals surface area (Å²) in [5.41, 5.74) is 3.94. The maximum Gasteiger partial charge on any atom is 0.410 e. The number of carbonyl (C=O) groups excluding carboxylic acids is 3. The van der Waals surface area contributed by atoms with Gasteiger partial charge in [-0.3, -0.25) is 19.6 Å². The summed E-state index contributed by atoms with van der Waals surface area (Å²) in [7, 11) is 0. The highest BCUT2D eigenvalue weighted by molar-refractivity contribution is 6.35. The fraction of sp³-hybridized carbons (Fsp3) is 0.359. The van der Waals surface area contributed by atoms with Crippen LogP contribution in [0.25, 0.3) is 22.4 Å². The zero-order valence-corrected chi connectivity index (χ0v) is 31.2. The van der Waals surface area contributed by atoms with E-state index >= 15 is 0 Å². The van der Waals surface area contributed by atoms with E-state index < -0.39 is 24.2 Å². The van der Waals surface area contributed by atoms with Gasteiger partial charge < -0.3 is 35.4 Å². The van der Waals surface area contributed by atoms with Crippen LogP contribution in [-0.2, 0) is 22.6 Å². The molecular weight excluding hydrogens is 722 g/mol. The number of rotatable bonds is 14. The number of pyridine rings is 2. The van der Waals surface area contributed by atoms with Crippen molar-refractivity contribution in [2.24, 2.45) is 0 Å². The number of alkyl halides is 2. The molecular formula is C39H43ClF2N6O6. The monoisotopic (exact) mass is 764 g/mol. The Morgan fingerprint density at radius 1 is 1.11 bits per heavy atom. The third kappa shape index (κ3) is 10.5. The molecule has 286 valence electrons. The summed E-state index contributed by atoms with van der Waals surface area (Å²) in [5, 5.41) is 18.7. The van der Waals surface area contributed by atoms with Crippen molar-refractivity contribution in [3.63, 3.8) is 0 Å². The molecule has 1 atom stereocenters. The summed E-state index contributed by atoms with van der Waals surface area (Å²) in [6, 6.07) is 15.2. The van der Waals surface area contributed by atoms with Crippen molar-refractivity contribution in [3.8, 4) is 28.1 Å². The Bertz CT molecular complexity index is 1970. The molecule has 54 heavy (non-hydrogen) atoms. The van der Waals surface area contributed by atoms with E-state index in [1.54, 1.807) is 69.4 Å². The molecule has 1 aliphatic rings. The fourth-order valence-electron chi connectivity index (χ4n) is 5.92. The molecule has 12 nitrogen and oxygen atoms in total. The Morgan fingerprint density at radius 3 is 2.57 bits per heavy atom. The summed E-state index contributed by atoms with van der Waals surface area (Å²) in [6.07, 6.45) is 3.65. The first-order valence-corrected chi connectivity index (χ1v) is 17.8. The van der Waals surface area contributed by atoms with E-state index in [4.69, 9.17) is 21.1 Å². The molecule has 0 radical (unpaired) electrons. The number of benzene rings is 2. The van der Waals surface area contributed by atoms with Crippen LogP contribution in [0.2, 0.25) is 5.02 Å². The highest BCUT2D eigenvalue weighted by atomic mass is 35.5. The van der Waals surface area contributed by atoms with Crippen molar-refractivity contribution in [2.45, 2.75) is 71.9 Å². The minimum absolute atomic E-state index is 0.00646. The first-order chi connectivity index (χ1) is 25.7. The molecule has 2 aromatic carbocycles. The van der Waals surface area contributed by atoms with Gasteiger partial charge >= 0.3 is 12.7 Å². The lowest BCUT2D eigenvalue weighted by Crippen LogP contribution is -2.38. The number of anilines is 1. The third-order valence-corrected chi connectivity index (χ3v) is 8.94. The van der Waals surface area contributed by atoms with Crippen LogP contribution in [0.1, 0.15) is 60.8 Å². The van der Waals surface area contributed by atoms with E-state index in [0.29, 0.717) is 64.1 Å². The van der Waals surface area contributed by atoms with Gasteiger partial charge in [0.25, 0.3) is 5.91 Å². The molecule has 1 aliphatic heterocycles. The second-order valence-corrected chi connectivity index (χ2v) is 14.1. The summed E-state index contributed by atoms with van der Waals surface area (Å²) in [5.74, 6) is -0.494. The molecule has 3 amide bonds. The smallest absolute Gasteiger partial charge is 0.410 e. The van der Waals surface area contributed by atoms with Gasteiger partial charge in [-0.1, -0.05) is 41.9 Å². The predicted octanol–water partition coefficient (Wildman–Crippen LogP) is 6.72. The Morgan fingerprint density at radius 2 is 1.91 bits per heavy atom. The Labute approximate surface area is 317 Å². The maximum absolute atomic E-state index is 13.5. The number of nitrogens with one attached hydrogen (secondary N) is 3. The largest absolute Gasteiger partial charge is 0.444 e. The van der Waals surface area contributed by atoms with Gasteiger partial charge in [-0.05, 0) is 75.1 Å². The van der Waals surface area contributed by atoms with Crippen molar-refractivity contribution < 1.29 is 37.7 Å². The number of hydrogen-bond donors (Lipinski definition) is 4. The number of nitrogens with zero attached hydrogens (tertiary/aromatic N) is 3. The van der Waals surface area contributed by atoms with Crippen LogP contribution >= 0.6 is 11.6 Å². The van der Waals surface area contributed by atoms with Crippen LogP contribution in [0.3, 0.4) is 0 Å². The number of halogens is 3. The van der Waals surface area contributed by atoms with Crippen LogP contribution < -0.4 is 20.7 Å². The van der Waals surface area contributed by atoms with Crippen molar-refractivity contribution in [2.75, 3.05) is 25.0 Å². The third-order valence-electron chi connectivity index (χ3n) is 8.56. The molecule has 0 unspecified atom stereocenters. The van der Waals surface area contributed by atoms with Crippen LogP contribution in [0.4, 0.5) is 19.3 Å². The Hall–Kier alpha value is -5.18. The summed E-state index contributed by atoms with van der Waals surface area (Å²) in [6.45, 7) is 4.72. The molecule has 15 heteroatoms. The molecule has 0 spiro atoms. The van der Waals surface area contributed by atoms with Crippen LogP contribution in [-0.4, -0.2) is 75.8 Å². The van der Waals surface area contributed by atoms with Crippen molar-refractivity contribution in [3.05, 3.63) is 94.4 Å². The van der Waals surface area contributed by atoms with Crippen molar-refractivity contribution in [1.29, 1.82) is 0 Å². The lowest BCUT2D eigenvalue weighted by molar-refractivity contribution is -0.119. The fourth-order valence-corrected chi connectivity index (χ4v) is 6.24. The highest BCUT2D eigenvalue weighted by Gasteiger charge is 2.24. The number of ether oxygens (including phenoxy) is 2. The summed E-state index contributed by atoms with van der Waals surface area (Å²) < 4.78 is 37.2. The van der Waals surface area contributed by atoms with Crippen LogP contribution in [0.15, 0.2) is 67.0 Å². The quantitative estimate of drug-likeness (QED) is 0.110. The molecule has 2 aromatic heterocycles. The molecule has 4 aromatic rings. The molecule has 3 heterocycles. The van der Waals surface area contributed by atoms with Gasteiger partial charge in [-0.25, -0.2) is 4.79 Å². The van der Waals surface area contributed by atoms with Crippen molar-refractivity contribution in [1.82, 2.24) is 25.5 Å². The lowest BCUT2D eigenvalue weighted by atomic mass is 9.97. The zero-order valence-electron chi connectivity index (χ0n) is 30.4. The average molecular weight is 765 g/mol. The van der Waals surface area contributed by atoms with Gasteiger partial charge in [0.1, 0.15) is 17.0 Å². The highest BCUT2D eigenvalue weighted by Crippen LogP contribution is 2.39. The van der Waals surface area contributed by atoms with Gasteiger partial charge in [0.05, 0.1) is 23.9 Å². The van der Waals surface area contributed by atoms with Gasteiger partial charge in [-0.15, -0.1) is 0 Å². The summed E-state index contributed by atoms with van der Waals surface area (Å²) in [4.78, 5) is 47.5. The average Bonchev–Trinajstić information content (AvgIpc) is 3.53. The second-order valence-electron chi connectivity index (χ2n) is 13.8. The van der Waals surface area contributed by atoms with Gasteiger partial charge in [0.15, 0.2) is 0 Å². The van der Waals surface area contributed by atoms with Gasteiger partial charge in [-0.2, -0.15) is 8.78 Å². The Balaban J connectivity index is 1.31. The van der Waals surface area contributed by atoms with Gasteiger partial charge in [0.2, 0.25) is 5.91 Å². The number of aromatic nitrogens is 2. The first-order valence-electron chi connectivity index (χ1n) is 17.4. The predicted molar refractivity (Wildman–Crippen MR) is 200 cm³/mol. The number of aliphatic hydroxyl groups is 1. The standard InChI is InChI=1S/C39H43ClF2N6O6/c1-23-28(6-5-7-30(23)47-36(51)31-12-8-24(19-45-31)22-48(16-17-49)38(52)54-39(2,3)4)29-14-15-44-35(34(29)40)25-9-10-26(32(18-25)53-37(41)42)20-43-21-27-11-13-33(50)46-27/h5-10,12,14-15,18-19,27,37,43,49H,11,13,16-17,20-22H2,1-4H3,(H,46,50)(H,47,51)/t27-/m0/s1. The van der Waals surface area contributed by atoms with Crippen LogP contribution in [0, 0.1) is 6.92 Å². The SMILES string of the molecule is Cc1c(NC(=O)c2ccc(CN(CCO)C(=O)OC(C)(C)C)cn2)cccc1-c1ccnc(-c2ccc(CNC[C@@H]3CCC(=O)N3)c(OC(F)F)c2)c1Cl. The van der Waals surface area contributed by atoms with E-state index in [-0.39, 0.29) is 54.7 Å². The molecule has 1 fully saturated rings. The van der Waals surface area contributed by atoms with Crippen LogP contribution in [0.5, 0.6) is 5.75 Å². The normalized spacial score (nSPS) is 14.2. The lowest BCUT2D eigenvalue weighted by Gasteiger charge is -2.27. The summed E-state index contributed by atoms with van der Waals surface area (Å²) >= 11 is 6.95. The molecule has 5 rings (SSSR count). The van der Waals surface area contributed by atoms with Crippen molar-refractivity contribution >= 4 is 35.2 Å². The minimum atomic E-state index is -3.05. The first kappa shape index (κ1) is 40.0. The molecule has 0 aliphatic carbocycles. The second kappa shape index (κ2) is 17.8. The van der Waals surface area contributed by atoms with E-state index in [2.05, 4.69) is 25.9 Å². The number of carbonyl (C=O) groups is 3. The van der Waals surface area contributed by atoms with E-state index in [1.807, 2.05) is 13.0 Å². The van der Waals surface area contributed by atoms with E-state index in [9.17, 15) is 28.3 Å².